The van der Waals surface area contributed by atoms with Crippen LogP contribution in [0.1, 0.15) is 6.42 Å². The van der Waals surface area contributed by atoms with E-state index in [2.05, 4.69) is 10.6 Å². The third-order valence-corrected chi connectivity index (χ3v) is 2.46. The molecule has 0 spiro atoms. The first-order chi connectivity index (χ1) is 7.18. The lowest BCUT2D eigenvalue weighted by Crippen LogP contribution is -2.23. The summed E-state index contributed by atoms with van der Waals surface area (Å²) in [5.41, 5.74) is 0.0163. The number of benzene rings is 1. The van der Waals surface area contributed by atoms with E-state index in [-0.39, 0.29) is 11.7 Å². The molecule has 1 aromatic carbocycles. The van der Waals surface area contributed by atoms with E-state index >= 15 is 0 Å². The fraction of sp³-hybridized carbons (Fsp3) is 0.400. The maximum atomic E-state index is 13.2. The van der Waals surface area contributed by atoms with E-state index < -0.39 is 17.5 Å². The van der Waals surface area contributed by atoms with Crippen LogP contribution in [-0.2, 0) is 0 Å². The molecule has 1 fully saturated rings. The van der Waals surface area contributed by atoms with Gasteiger partial charge in [-0.1, -0.05) is 0 Å². The highest BCUT2D eigenvalue weighted by Crippen LogP contribution is 2.21. The van der Waals surface area contributed by atoms with E-state index in [1.165, 1.54) is 6.07 Å². The van der Waals surface area contributed by atoms with Gasteiger partial charge in [0.1, 0.15) is 0 Å². The zero-order valence-corrected chi connectivity index (χ0v) is 7.99. The van der Waals surface area contributed by atoms with Crippen molar-refractivity contribution >= 4 is 5.69 Å². The number of halogens is 3. The van der Waals surface area contributed by atoms with Gasteiger partial charge in [-0.25, -0.2) is 13.2 Å². The summed E-state index contributed by atoms with van der Waals surface area (Å²) in [6.07, 6.45) is 0.846. The summed E-state index contributed by atoms with van der Waals surface area (Å²) >= 11 is 0. The fourth-order valence-corrected chi connectivity index (χ4v) is 1.64. The van der Waals surface area contributed by atoms with Gasteiger partial charge in [0.05, 0.1) is 5.69 Å². The summed E-state index contributed by atoms with van der Waals surface area (Å²) in [5.74, 6) is -3.74. The predicted molar refractivity (Wildman–Crippen MR) is 51.2 cm³/mol. The Hall–Kier alpha value is -1.23. The topological polar surface area (TPSA) is 24.1 Å². The molecule has 0 radical (unpaired) electrons. The highest BCUT2D eigenvalue weighted by atomic mass is 19.2. The lowest BCUT2D eigenvalue weighted by molar-refractivity contribution is 0.448. The molecular weight excluding hydrogens is 205 g/mol. The van der Waals surface area contributed by atoms with Gasteiger partial charge in [-0.2, -0.15) is 0 Å². The lowest BCUT2D eigenvalue weighted by atomic mass is 10.2. The second-order valence-electron chi connectivity index (χ2n) is 3.56. The Morgan fingerprint density at radius 1 is 1.20 bits per heavy atom. The molecule has 15 heavy (non-hydrogen) atoms. The van der Waals surface area contributed by atoms with E-state index in [0.29, 0.717) is 6.54 Å². The fourth-order valence-electron chi connectivity index (χ4n) is 1.64. The highest BCUT2D eigenvalue weighted by Gasteiger charge is 2.18. The molecule has 0 bridgehead atoms. The standard InChI is InChI=1S/C10H11F3N2/c11-7-1-2-8(10(13)9(7)12)15-6-3-4-14-5-6/h1-2,6,14-15H,3-5H2. The first kappa shape index (κ1) is 10.3. The molecule has 2 N–H and O–H groups in total. The first-order valence-corrected chi connectivity index (χ1v) is 4.79. The number of hydrogen-bond acceptors (Lipinski definition) is 2. The zero-order chi connectivity index (χ0) is 10.8. The smallest absolute Gasteiger partial charge is 0.196 e. The largest absolute Gasteiger partial charge is 0.379 e. The van der Waals surface area contributed by atoms with Crippen LogP contribution >= 0.6 is 0 Å². The minimum absolute atomic E-state index is 0.0163. The maximum Gasteiger partial charge on any atom is 0.196 e. The Labute approximate surface area is 85.5 Å². The molecule has 0 saturated carbocycles. The molecule has 0 aromatic heterocycles. The minimum Gasteiger partial charge on any atom is -0.379 e. The molecule has 0 aliphatic carbocycles. The van der Waals surface area contributed by atoms with Gasteiger partial charge < -0.3 is 10.6 Å². The van der Waals surface area contributed by atoms with E-state index in [4.69, 9.17) is 0 Å². The average Bonchev–Trinajstić information content (AvgIpc) is 2.72. The monoisotopic (exact) mass is 216 g/mol. The van der Waals surface area contributed by atoms with Crippen LogP contribution in [0.15, 0.2) is 12.1 Å². The van der Waals surface area contributed by atoms with Crippen LogP contribution in [-0.4, -0.2) is 19.1 Å². The van der Waals surface area contributed by atoms with Gasteiger partial charge in [-0.15, -0.1) is 0 Å². The number of anilines is 1. The molecule has 1 unspecified atom stereocenters. The van der Waals surface area contributed by atoms with Crippen LogP contribution in [0.4, 0.5) is 18.9 Å². The van der Waals surface area contributed by atoms with Crippen LogP contribution in [0.5, 0.6) is 0 Å². The van der Waals surface area contributed by atoms with Crippen molar-refractivity contribution in [3.05, 3.63) is 29.6 Å². The van der Waals surface area contributed by atoms with Crippen molar-refractivity contribution in [3.63, 3.8) is 0 Å². The van der Waals surface area contributed by atoms with Crippen LogP contribution < -0.4 is 10.6 Å². The van der Waals surface area contributed by atoms with Gasteiger partial charge in [0.2, 0.25) is 0 Å². The molecular formula is C10H11F3N2. The average molecular weight is 216 g/mol. The van der Waals surface area contributed by atoms with Crippen molar-refractivity contribution in [1.82, 2.24) is 5.32 Å². The van der Waals surface area contributed by atoms with Crippen molar-refractivity contribution in [2.24, 2.45) is 0 Å². The normalized spacial score (nSPS) is 20.6. The van der Waals surface area contributed by atoms with Gasteiger partial charge >= 0.3 is 0 Å². The second kappa shape index (κ2) is 4.10. The molecule has 0 amide bonds. The SMILES string of the molecule is Fc1ccc(NC2CCNC2)c(F)c1F. The molecule has 2 rings (SSSR count). The van der Waals surface area contributed by atoms with Crippen molar-refractivity contribution in [2.75, 3.05) is 18.4 Å². The molecule has 2 nitrogen and oxygen atoms in total. The van der Waals surface area contributed by atoms with Crippen LogP contribution in [0.3, 0.4) is 0 Å². The third kappa shape index (κ3) is 2.07. The molecule has 1 heterocycles. The summed E-state index contributed by atoms with van der Waals surface area (Å²) in [4.78, 5) is 0. The summed E-state index contributed by atoms with van der Waals surface area (Å²) in [6, 6.07) is 2.21. The number of nitrogens with one attached hydrogen (secondary N) is 2. The van der Waals surface area contributed by atoms with Crippen LogP contribution in [0, 0.1) is 17.5 Å². The maximum absolute atomic E-state index is 13.2. The summed E-state index contributed by atoms with van der Waals surface area (Å²) in [5, 5.41) is 5.92. The summed E-state index contributed by atoms with van der Waals surface area (Å²) < 4.78 is 38.7. The van der Waals surface area contributed by atoms with Crippen LogP contribution in [0.25, 0.3) is 0 Å². The van der Waals surface area contributed by atoms with Crippen molar-refractivity contribution in [2.45, 2.75) is 12.5 Å². The van der Waals surface area contributed by atoms with Gasteiger partial charge in [-0.05, 0) is 25.1 Å². The zero-order valence-electron chi connectivity index (χ0n) is 7.99. The van der Waals surface area contributed by atoms with Gasteiger partial charge in [0.15, 0.2) is 17.5 Å². The molecule has 1 aliphatic heterocycles. The first-order valence-electron chi connectivity index (χ1n) is 4.79. The van der Waals surface area contributed by atoms with Crippen LogP contribution in [0.2, 0.25) is 0 Å². The van der Waals surface area contributed by atoms with Crippen molar-refractivity contribution in [3.8, 4) is 0 Å². The molecule has 82 valence electrons. The second-order valence-corrected chi connectivity index (χ2v) is 3.56. The van der Waals surface area contributed by atoms with Gasteiger partial charge in [0.25, 0.3) is 0 Å². The van der Waals surface area contributed by atoms with Gasteiger partial charge in [0, 0.05) is 12.6 Å². The quantitative estimate of drug-likeness (QED) is 0.737. The lowest BCUT2D eigenvalue weighted by Gasteiger charge is -2.13. The highest BCUT2D eigenvalue weighted by molar-refractivity contribution is 5.46. The van der Waals surface area contributed by atoms with E-state index in [1.807, 2.05) is 0 Å². The van der Waals surface area contributed by atoms with Gasteiger partial charge in [-0.3, -0.25) is 0 Å². The third-order valence-electron chi connectivity index (χ3n) is 2.46. The van der Waals surface area contributed by atoms with E-state index in [9.17, 15) is 13.2 Å². The number of rotatable bonds is 2. The molecule has 1 aromatic rings. The number of hydrogen-bond donors (Lipinski definition) is 2. The molecule has 1 aliphatic rings. The Morgan fingerprint density at radius 3 is 2.67 bits per heavy atom. The Bertz CT molecular complexity index is 362. The van der Waals surface area contributed by atoms with Crippen molar-refractivity contribution in [1.29, 1.82) is 0 Å². The van der Waals surface area contributed by atoms with Crippen molar-refractivity contribution < 1.29 is 13.2 Å². The Balaban J connectivity index is 2.17. The molecule has 5 heteroatoms. The van der Waals surface area contributed by atoms with E-state index in [0.717, 1.165) is 19.0 Å². The minimum atomic E-state index is -1.43. The summed E-state index contributed by atoms with van der Waals surface area (Å²) in [7, 11) is 0. The Kier molecular flexibility index (Phi) is 2.81. The van der Waals surface area contributed by atoms with E-state index in [1.54, 1.807) is 0 Å². The predicted octanol–water partition coefficient (Wildman–Crippen LogP) is 1.88. The molecule has 1 saturated heterocycles. The molecule has 1 atom stereocenters. The summed E-state index contributed by atoms with van der Waals surface area (Å²) in [6.45, 7) is 1.56. The Morgan fingerprint density at radius 2 is 2.00 bits per heavy atom.